The molecule has 0 bridgehead atoms. The first-order chi connectivity index (χ1) is 7.29. The summed E-state index contributed by atoms with van der Waals surface area (Å²) in [5.74, 6) is 0.716. The Labute approximate surface area is 88.7 Å². The van der Waals surface area contributed by atoms with E-state index >= 15 is 0 Å². The molecule has 1 aromatic rings. The summed E-state index contributed by atoms with van der Waals surface area (Å²) < 4.78 is 0. The predicted octanol–water partition coefficient (Wildman–Crippen LogP) is 0.0409. The molecule has 80 valence electrons. The molecule has 1 aliphatic heterocycles. The molecule has 15 heavy (non-hydrogen) atoms. The Kier molecular flexibility index (Phi) is 2.91. The van der Waals surface area contributed by atoms with Crippen LogP contribution in [0, 0.1) is 0 Å². The van der Waals surface area contributed by atoms with Gasteiger partial charge in [0.1, 0.15) is 0 Å². The number of anilines is 1. The third-order valence-electron chi connectivity index (χ3n) is 2.58. The maximum Gasteiger partial charge on any atom is 0.225 e. The van der Waals surface area contributed by atoms with Crippen molar-refractivity contribution in [1.82, 2.24) is 14.9 Å². The second kappa shape index (κ2) is 4.35. The van der Waals surface area contributed by atoms with Crippen molar-refractivity contribution in [3.63, 3.8) is 0 Å². The molecule has 0 unspecified atom stereocenters. The fraction of sp³-hybridized carbons (Fsp3) is 0.500. The average Bonchev–Trinajstić information content (AvgIpc) is 2.30. The molecule has 0 saturated carbocycles. The summed E-state index contributed by atoms with van der Waals surface area (Å²) in [5, 5.41) is 0. The minimum Gasteiger partial charge on any atom is -0.338 e. The van der Waals surface area contributed by atoms with Gasteiger partial charge in [-0.2, -0.15) is 0 Å². The van der Waals surface area contributed by atoms with Crippen LogP contribution in [0.25, 0.3) is 0 Å². The average molecular weight is 206 g/mol. The van der Waals surface area contributed by atoms with Gasteiger partial charge >= 0.3 is 0 Å². The van der Waals surface area contributed by atoms with Crippen molar-refractivity contribution in [2.75, 3.05) is 38.1 Å². The molecule has 0 radical (unpaired) electrons. The van der Waals surface area contributed by atoms with E-state index in [1.54, 1.807) is 12.4 Å². The first kappa shape index (κ1) is 10.0. The second-order valence-electron chi connectivity index (χ2n) is 3.72. The summed E-state index contributed by atoms with van der Waals surface area (Å²) in [6, 6.07) is 0. The largest absolute Gasteiger partial charge is 0.338 e. The minimum atomic E-state index is 0.521. The van der Waals surface area contributed by atoms with Crippen molar-refractivity contribution < 1.29 is 4.79 Å². The summed E-state index contributed by atoms with van der Waals surface area (Å²) in [7, 11) is 2.10. The molecule has 0 aliphatic carbocycles. The Morgan fingerprint density at radius 2 is 1.80 bits per heavy atom. The molecular weight excluding hydrogens is 192 g/mol. The quantitative estimate of drug-likeness (QED) is 0.639. The highest BCUT2D eigenvalue weighted by molar-refractivity contribution is 5.73. The molecule has 1 saturated heterocycles. The van der Waals surface area contributed by atoms with Crippen molar-refractivity contribution in [2.24, 2.45) is 0 Å². The molecule has 1 aliphatic rings. The normalized spacial score (nSPS) is 17.8. The summed E-state index contributed by atoms with van der Waals surface area (Å²) in [4.78, 5) is 23.2. The highest BCUT2D eigenvalue weighted by atomic mass is 16.1. The standard InChI is InChI=1S/C10H14N4O/c1-13-2-4-14(5-3-13)10-11-6-9(8-15)7-12-10/h6-8H,2-5H2,1H3. The van der Waals surface area contributed by atoms with E-state index in [-0.39, 0.29) is 0 Å². The van der Waals surface area contributed by atoms with Gasteiger partial charge in [-0.05, 0) is 7.05 Å². The molecule has 0 atom stereocenters. The second-order valence-corrected chi connectivity index (χ2v) is 3.72. The maximum absolute atomic E-state index is 10.4. The molecule has 1 fully saturated rings. The number of hydrogen-bond donors (Lipinski definition) is 0. The molecule has 2 rings (SSSR count). The van der Waals surface area contributed by atoms with Gasteiger partial charge in [0.2, 0.25) is 5.95 Å². The fourth-order valence-electron chi connectivity index (χ4n) is 1.56. The molecule has 0 amide bonds. The van der Waals surface area contributed by atoms with E-state index in [4.69, 9.17) is 0 Å². The molecule has 1 aromatic heterocycles. The van der Waals surface area contributed by atoms with Gasteiger partial charge in [0.25, 0.3) is 0 Å². The lowest BCUT2D eigenvalue weighted by molar-refractivity contribution is 0.112. The van der Waals surface area contributed by atoms with Crippen LogP contribution in [-0.2, 0) is 0 Å². The molecule has 0 spiro atoms. The summed E-state index contributed by atoms with van der Waals surface area (Å²) in [6.45, 7) is 3.94. The lowest BCUT2D eigenvalue weighted by atomic mass is 10.3. The lowest BCUT2D eigenvalue weighted by Crippen LogP contribution is -2.45. The molecule has 0 aromatic carbocycles. The van der Waals surface area contributed by atoms with Gasteiger partial charge in [0, 0.05) is 38.6 Å². The van der Waals surface area contributed by atoms with Gasteiger partial charge in [0.05, 0.1) is 5.56 Å². The number of aromatic nitrogens is 2. The monoisotopic (exact) mass is 206 g/mol. The predicted molar refractivity (Wildman–Crippen MR) is 57.1 cm³/mol. The Hall–Kier alpha value is -1.49. The van der Waals surface area contributed by atoms with Crippen molar-refractivity contribution in [3.8, 4) is 0 Å². The van der Waals surface area contributed by atoms with Gasteiger partial charge < -0.3 is 9.80 Å². The van der Waals surface area contributed by atoms with Gasteiger partial charge in [-0.1, -0.05) is 0 Å². The fourth-order valence-corrected chi connectivity index (χ4v) is 1.56. The molecular formula is C10H14N4O. The van der Waals surface area contributed by atoms with E-state index < -0.39 is 0 Å². The van der Waals surface area contributed by atoms with E-state index in [0.717, 1.165) is 32.5 Å². The molecule has 0 N–H and O–H groups in total. The van der Waals surface area contributed by atoms with Gasteiger partial charge in [-0.25, -0.2) is 9.97 Å². The van der Waals surface area contributed by atoms with Crippen LogP contribution >= 0.6 is 0 Å². The maximum atomic E-state index is 10.4. The first-order valence-electron chi connectivity index (χ1n) is 5.00. The van der Waals surface area contributed by atoms with Crippen LogP contribution in [-0.4, -0.2) is 54.4 Å². The van der Waals surface area contributed by atoms with Gasteiger partial charge in [-0.3, -0.25) is 4.79 Å². The van der Waals surface area contributed by atoms with Crippen LogP contribution in [0.1, 0.15) is 10.4 Å². The van der Waals surface area contributed by atoms with Gasteiger partial charge in [0.15, 0.2) is 6.29 Å². The summed E-state index contributed by atoms with van der Waals surface area (Å²) >= 11 is 0. The third kappa shape index (κ3) is 2.30. The van der Waals surface area contributed by atoms with Crippen LogP contribution in [0.2, 0.25) is 0 Å². The number of carbonyl (C=O) groups is 1. The summed E-state index contributed by atoms with van der Waals surface area (Å²) in [5.41, 5.74) is 0.521. The SMILES string of the molecule is CN1CCN(c2ncc(C=O)cn2)CC1. The number of nitrogens with zero attached hydrogens (tertiary/aromatic N) is 4. The van der Waals surface area contributed by atoms with E-state index in [0.29, 0.717) is 11.5 Å². The smallest absolute Gasteiger partial charge is 0.225 e. The topological polar surface area (TPSA) is 49.3 Å². The van der Waals surface area contributed by atoms with E-state index in [1.807, 2.05) is 0 Å². The van der Waals surface area contributed by atoms with E-state index in [1.165, 1.54) is 0 Å². The molecule has 5 heteroatoms. The zero-order valence-electron chi connectivity index (χ0n) is 8.76. The third-order valence-corrected chi connectivity index (χ3v) is 2.58. The van der Waals surface area contributed by atoms with E-state index in [9.17, 15) is 4.79 Å². The number of hydrogen-bond acceptors (Lipinski definition) is 5. The Morgan fingerprint density at radius 3 is 2.33 bits per heavy atom. The Morgan fingerprint density at radius 1 is 1.20 bits per heavy atom. The number of rotatable bonds is 2. The highest BCUT2D eigenvalue weighted by Crippen LogP contribution is 2.09. The van der Waals surface area contributed by atoms with Gasteiger partial charge in [-0.15, -0.1) is 0 Å². The van der Waals surface area contributed by atoms with Crippen molar-refractivity contribution in [2.45, 2.75) is 0 Å². The number of aldehydes is 1. The number of likely N-dealkylation sites (N-methyl/N-ethyl adjacent to an activating group) is 1. The van der Waals surface area contributed by atoms with E-state index in [2.05, 4.69) is 26.8 Å². The van der Waals surface area contributed by atoms with Crippen molar-refractivity contribution >= 4 is 12.2 Å². The van der Waals surface area contributed by atoms with Crippen molar-refractivity contribution in [3.05, 3.63) is 18.0 Å². The van der Waals surface area contributed by atoms with Crippen LogP contribution in [0.5, 0.6) is 0 Å². The van der Waals surface area contributed by atoms with Crippen LogP contribution in [0.3, 0.4) is 0 Å². The van der Waals surface area contributed by atoms with Crippen molar-refractivity contribution in [1.29, 1.82) is 0 Å². The summed E-state index contributed by atoms with van der Waals surface area (Å²) in [6.07, 6.45) is 3.88. The Bertz CT molecular complexity index is 330. The Balaban J connectivity index is 2.06. The highest BCUT2D eigenvalue weighted by Gasteiger charge is 2.15. The lowest BCUT2D eigenvalue weighted by Gasteiger charge is -2.32. The number of piperazine rings is 1. The first-order valence-corrected chi connectivity index (χ1v) is 5.00. The molecule has 5 nitrogen and oxygen atoms in total. The van der Waals surface area contributed by atoms with Crippen LogP contribution in [0.15, 0.2) is 12.4 Å². The molecule has 2 heterocycles. The van der Waals surface area contributed by atoms with Crippen LogP contribution in [0.4, 0.5) is 5.95 Å². The minimum absolute atomic E-state index is 0.521. The number of carbonyl (C=O) groups excluding carboxylic acids is 1. The zero-order chi connectivity index (χ0) is 10.7. The van der Waals surface area contributed by atoms with Crippen LogP contribution < -0.4 is 4.90 Å². The zero-order valence-corrected chi connectivity index (χ0v) is 8.76.